The number of carbonyl (C=O) groups is 1. The molecule has 0 bridgehead atoms. The van der Waals surface area contributed by atoms with Gasteiger partial charge >= 0.3 is 0 Å². The third-order valence-electron chi connectivity index (χ3n) is 3.64. The minimum Gasteiger partial charge on any atom is -0.333 e. The van der Waals surface area contributed by atoms with Crippen LogP contribution < -0.4 is 0 Å². The number of halogens is 1. The Morgan fingerprint density at radius 1 is 1.23 bits per heavy atom. The summed E-state index contributed by atoms with van der Waals surface area (Å²) in [5.41, 5.74) is 1.27. The highest BCUT2D eigenvalue weighted by molar-refractivity contribution is 7.18. The van der Waals surface area contributed by atoms with Gasteiger partial charge in [-0.05, 0) is 37.3 Å². The molecular formula is C17H15FN2OS. The molecule has 112 valence electrons. The van der Waals surface area contributed by atoms with Crippen LogP contribution in [0.1, 0.15) is 28.3 Å². The molecule has 0 spiro atoms. The third kappa shape index (κ3) is 2.72. The Morgan fingerprint density at radius 3 is 2.73 bits per heavy atom. The number of nitrogens with zero attached hydrogens (tertiary/aromatic N) is 2. The molecule has 1 atom stereocenters. The van der Waals surface area contributed by atoms with Gasteiger partial charge < -0.3 is 4.90 Å². The Labute approximate surface area is 132 Å². The Hall–Kier alpha value is -2.27. The summed E-state index contributed by atoms with van der Waals surface area (Å²) in [6.45, 7) is 1.93. The van der Waals surface area contributed by atoms with Gasteiger partial charge in [0.25, 0.3) is 5.91 Å². The van der Waals surface area contributed by atoms with Crippen molar-refractivity contribution in [1.29, 1.82) is 0 Å². The molecule has 0 N–H and O–H groups in total. The second-order valence-corrected chi connectivity index (χ2v) is 6.18. The summed E-state index contributed by atoms with van der Waals surface area (Å²) in [6.07, 6.45) is 0. The Kier molecular flexibility index (Phi) is 3.90. The first-order valence-corrected chi connectivity index (χ1v) is 7.76. The van der Waals surface area contributed by atoms with E-state index in [1.54, 1.807) is 35.4 Å². The maximum atomic E-state index is 13.3. The fraction of sp³-hybridized carbons (Fsp3) is 0.176. The van der Waals surface area contributed by atoms with E-state index in [1.165, 1.54) is 12.1 Å². The maximum absolute atomic E-state index is 13.3. The van der Waals surface area contributed by atoms with Crippen molar-refractivity contribution in [3.05, 3.63) is 64.9 Å². The van der Waals surface area contributed by atoms with Crippen molar-refractivity contribution in [3.63, 3.8) is 0 Å². The van der Waals surface area contributed by atoms with Gasteiger partial charge in [0.15, 0.2) is 0 Å². The minimum absolute atomic E-state index is 0.173. The van der Waals surface area contributed by atoms with E-state index in [1.807, 2.05) is 31.2 Å². The summed E-state index contributed by atoms with van der Waals surface area (Å²) in [7, 11) is 1.71. The summed E-state index contributed by atoms with van der Waals surface area (Å²) in [6, 6.07) is 13.4. The van der Waals surface area contributed by atoms with Crippen molar-refractivity contribution in [1.82, 2.24) is 9.88 Å². The summed E-state index contributed by atoms with van der Waals surface area (Å²) < 4.78 is 14.4. The van der Waals surface area contributed by atoms with E-state index in [0.29, 0.717) is 5.56 Å². The predicted octanol–water partition coefficient (Wildman–Crippen LogP) is 4.27. The molecule has 1 amide bonds. The van der Waals surface area contributed by atoms with Gasteiger partial charge in [0.05, 0.1) is 16.3 Å². The lowest BCUT2D eigenvalue weighted by molar-refractivity contribution is 0.0742. The van der Waals surface area contributed by atoms with Crippen LogP contribution in [0.5, 0.6) is 0 Å². The van der Waals surface area contributed by atoms with Crippen molar-refractivity contribution in [2.45, 2.75) is 13.0 Å². The van der Waals surface area contributed by atoms with Crippen molar-refractivity contribution in [2.24, 2.45) is 0 Å². The number of para-hydroxylation sites is 1. The molecule has 0 radical (unpaired) electrons. The van der Waals surface area contributed by atoms with Gasteiger partial charge in [0, 0.05) is 12.6 Å². The van der Waals surface area contributed by atoms with E-state index in [-0.39, 0.29) is 11.9 Å². The summed E-state index contributed by atoms with van der Waals surface area (Å²) in [5.74, 6) is -0.627. The standard InChI is InChI=1S/C17H15FN2OS/c1-11(16-19-14-8-3-4-9-15(14)22-16)20(2)17(21)12-6-5-7-13(18)10-12/h3-11H,1-2H3/t11-/m0/s1. The summed E-state index contributed by atoms with van der Waals surface area (Å²) >= 11 is 1.57. The molecule has 0 fully saturated rings. The van der Waals surface area contributed by atoms with Gasteiger partial charge in [-0.15, -0.1) is 11.3 Å². The predicted molar refractivity (Wildman–Crippen MR) is 86.5 cm³/mol. The number of hydrogen-bond donors (Lipinski definition) is 0. The molecule has 5 heteroatoms. The van der Waals surface area contributed by atoms with Gasteiger partial charge in [0.2, 0.25) is 0 Å². The largest absolute Gasteiger partial charge is 0.333 e. The normalized spacial score (nSPS) is 12.3. The van der Waals surface area contributed by atoms with Crippen molar-refractivity contribution in [2.75, 3.05) is 7.05 Å². The smallest absolute Gasteiger partial charge is 0.254 e. The highest BCUT2D eigenvalue weighted by Gasteiger charge is 2.22. The first kappa shape index (κ1) is 14.7. The summed E-state index contributed by atoms with van der Waals surface area (Å²) in [5, 5.41) is 0.869. The van der Waals surface area contributed by atoms with E-state index >= 15 is 0 Å². The molecule has 3 rings (SSSR count). The lowest BCUT2D eigenvalue weighted by atomic mass is 10.1. The first-order valence-electron chi connectivity index (χ1n) is 6.94. The molecule has 0 aliphatic carbocycles. The van der Waals surface area contributed by atoms with Crippen LogP contribution in [0.4, 0.5) is 4.39 Å². The number of aromatic nitrogens is 1. The number of amides is 1. The minimum atomic E-state index is -0.410. The van der Waals surface area contributed by atoms with Crippen LogP contribution in [-0.4, -0.2) is 22.8 Å². The number of hydrogen-bond acceptors (Lipinski definition) is 3. The molecular weight excluding hydrogens is 299 g/mol. The van der Waals surface area contributed by atoms with Crippen LogP contribution in [0.3, 0.4) is 0 Å². The number of carbonyl (C=O) groups excluding carboxylic acids is 1. The highest BCUT2D eigenvalue weighted by atomic mass is 32.1. The van der Waals surface area contributed by atoms with Crippen LogP contribution in [0.2, 0.25) is 0 Å². The van der Waals surface area contributed by atoms with E-state index in [9.17, 15) is 9.18 Å². The first-order chi connectivity index (χ1) is 10.6. The fourth-order valence-electron chi connectivity index (χ4n) is 2.24. The molecule has 0 unspecified atom stereocenters. The molecule has 1 aromatic heterocycles. The molecule has 2 aromatic carbocycles. The lowest BCUT2D eigenvalue weighted by Crippen LogP contribution is -2.29. The van der Waals surface area contributed by atoms with Crippen LogP contribution in [-0.2, 0) is 0 Å². The monoisotopic (exact) mass is 314 g/mol. The van der Waals surface area contributed by atoms with Crippen molar-refractivity contribution >= 4 is 27.5 Å². The molecule has 0 saturated heterocycles. The number of rotatable bonds is 3. The second kappa shape index (κ2) is 5.85. The second-order valence-electron chi connectivity index (χ2n) is 5.12. The molecule has 0 aliphatic heterocycles. The maximum Gasteiger partial charge on any atom is 0.254 e. The number of benzene rings is 2. The zero-order chi connectivity index (χ0) is 15.7. The SMILES string of the molecule is C[C@@H](c1nc2ccccc2s1)N(C)C(=O)c1cccc(F)c1. The van der Waals surface area contributed by atoms with Crippen molar-refractivity contribution < 1.29 is 9.18 Å². The van der Waals surface area contributed by atoms with Crippen LogP contribution >= 0.6 is 11.3 Å². The fourth-order valence-corrected chi connectivity index (χ4v) is 3.30. The van der Waals surface area contributed by atoms with Gasteiger partial charge in [-0.3, -0.25) is 4.79 Å². The van der Waals surface area contributed by atoms with E-state index in [4.69, 9.17) is 0 Å². The Morgan fingerprint density at radius 2 is 2.00 bits per heavy atom. The molecule has 22 heavy (non-hydrogen) atoms. The molecule has 0 saturated carbocycles. The van der Waals surface area contributed by atoms with E-state index in [2.05, 4.69) is 4.98 Å². The lowest BCUT2D eigenvalue weighted by Gasteiger charge is -2.23. The molecule has 3 nitrogen and oxygen atoms in total. The average Bonchev–Trinajstić information content (AvgIpc) is 2.96. The highest BCUT2D eigenvalue weighted by Crippen LogP contribution is 2.29. The zero-order valence-electron chi connectivity index (χ0n) is 12.3. The van der Waals surface area contributed by atoms with Crippen LogP contribution in [0.25, 0.3) is 10.2 Å². The van der Waals surface area contributed by atoms with Gasteiger partial charge in [-0.1, -0.05) is 18.2 Å². The molecule has 3 aromatic rings. The average molecular weight is 314 g/mol. The Bertz CT molecular complexity index is 797. The van der Waals surface area contributed by atoms with E-state index < -0.39 is 5.82 Å². The Balaban J connectivity index is 1.87. The van der Waals surface area contributed by atoms with E-state index in [0.717, 1.165) is 15.2 Å². The van der Waals surface area contributed by atoms with Crippen LogP contribution in [0, 0.1) is 5.82 Å². The van der Waals surface area contributed by atoms with Crippen molar-refractivity contribution in [3.8, 4) is 0 Å². The van der Waals surface area contributed by atoms with Crippen LogP contribution in [0.15, 0.2) is 48.5 Å². The number of fused-ring (bicyclic) bond motifs is 1. The molecule has 0 aliphatic rings. The van der Waals surface area contributed by atoms with Gasteiger partial charge in [-0.25, -0.2) is 9.37 Å². The summed E-state index contributed by atoms with van der Waals surface area (Å²) in [4.78, 5) is 18.6. The topological polar surface area (TPSA) is 33.2 Å². The molecule has 1 heterocycles. The zero-order valence-corrected chi connectivity index (χ0v) is 13.1. The number of thiazole rings is 1. The van der Waals surface area contributed by atoms with Gasteiger partial charge in [0.1, 0.15) is 10.8 Å². The quantitative estimate of drug-likeness (QED) is 0.723. The third-order valence-corrected chi connectivity index (χ3v) is 4.85. The van der Waals surface area contributed by atoms with Gasteiger partial charge in [-0.2, -0.15) is 0 Å².